The minimum absolute atomic E-state index is 0.0762. The Morgan fingerprint density at radius 1 is 1.11 bits per heavy atom. The minimum atomic E-state index is -3.66. The first kappa shape index (κ1) is 13.7. The highest BCUT2D eigenvalue weighted by molar-refractivity contribution is 7.92. The highest BCUT2D eigenvalue weighted by atomic mass is 35.5. The van der Waals surface area contributed by atoms with Crippen LogP contribution in [0.5, 0.6) is 0 Å². The number of sulfonamides is 1. The number of anilines is 2. The average molecular weight is 297 g/mol. The van der Waals surface area contributed by atoms with Crippen LogP contribution in [-0.4, -0.2) is 8.42 Å². The van der Waals surface area contributed by atoms with Gasteiger partial charge in [0.1, 0.15) is 0 Å². The van der Waals surface area contributed by atoms with E-state index in [0.717, 1.165) is 5.56 Å². The van der Waals surface area contributed by atoms with Crippen LogP contribution >= 0.6 is 11.6 Å². The van der Waals surface area contributed by atoms with Gasteiger partial charge < -0.3 is 5.73 Å². The highest BCUT2D eigenvalue weighted by Crippen LogP contribution is 2.24. The molecule has 0 unspecified atom stereocenters. The summed E-state index contributed by atoms with van der Waals surface area (Å²) in [6.45, 7) is 1.93. The van der Waals surface area contributed by atoms with E-state index in [1.807, 2.05) is 19.1 Å². The lowest BCUT2D eigenvalue weighted by atomic mass is 10.2. The molecule has 0 radical (unpaired) electrons. The smallest absolute Gasteiger partial charge is 0.261 e. The zero-order valence-electron chi connectivity index (χ0n) is 10.2. The molecule has 0 fully saturated rings. The van der Waals surface area contributed by atoms with Crippen LogP contribution in [0.1, 0.15) is 5.56 Å². The molecular formula is C13H13ClN2O2S. The fraction of sp³-hybridized carbons (Fsp3) is 0.0769. The Morgan fingerprint density at radius 2 is 1.74 bits per heavy atom. The molecule has 0 saturated carbocycles. The Balaban J connectivity index is 2.32. The maximum absolute atomic E-state index is 12.1. The Kier molecular flexibility index (Phi) is 3.68. The number of rotatable bonds is 3. The lowest BCUT2D eigenvalue weighted by molar-refractivity contribution is 0.601. The molecular weight excluding hydrogens is 284 g/mol. The van der Waals surface area contributed by atoms with Gasteiger partial charge in [0.15, 0.2) is 0 Å². The molecule has 0 aliphatic carbocycles. The van der Waals surface area contributed by atoms with Gasteiger partial charge >= 0.3 is 0 Å². The molecule has 0 bridgehead atoms. The molecule has 19 heavy (non-hydrogen) atoms. The third kappa shape index (κ3) is 3.19. The normalized spacial score (nSPS) is 11.3. The van der Waals surface area contributed by atoms with Gasteiger partial charge in [-0.2, -0.15) is 0 Å². The summed E-state index contributed by atoms with van der Waals surface area (Å²) in [6, 6.07) is 11.3. The lowest BCUT2D eigenvalue weighted by Gasteiger charge is -2.09. The summed E-state index contributed by atoms with van der Waals surface area (Å²) in [5.74, 6) is 0. The van der Waals surface area contributed by atoms with E-state index >= 15 is 0 Å². The lowest BCUT2D eigenvalue weighted by Crippen LogP contribution is -2.13. The summed E-state index contributed by atoms with van der Waals surface area (Å²) in [5.41, 5.74) is 7.45. The first-order valence-corrected chi connectivity index (χ1v) is 7.39. The Hall–Kier alpha value is -1.72. The Labute approximate surface area is 117 Å². The highest BCUT2D eigenvalue weighted by Gasteiger charge is 2.15. The van der Waals surface area contributed by atoms with E-state index in [0.29, 0.717) is 11.4 Å². The molecule has 100 valence electrons. The number of hydrogen-bond donors (Lipinski definition) is 2. The van der Waals surface area contributed by atoms with Gasteiger partial charge in [0.2, 0.25) is 0 Å². The SMILES string of the molecule is Cc1ccc(NS(=O)(=O)c2ccc(N)c(Cl)c2)cc1. The second-order valence-corrected chi connectivity index (χ2v) is 6.24. The van der Waals surface area contributed by atoms with Crippen LogP contribution in [0, 0.1) is 6.92 Å². The summed E-state index contributed by atoms with van der Waals surface area (Å²) in [6.07, 6.45) is 0. The van der Waals surface area contributed by atoms with Gasteiger partial charge in [0.25, 0.3) is 10.0 Å². The molecule has 2 rings (SSSR count). The molecule has 0 saturated heterocycles. The predicted octanol–water partition coefficient (Wildman–Crippen LogP) is 3.03. The standard InChI is InChI=1S/C13H13ClN2O2S/c1-9-2-4-10(5-3-9)16-19(17,18)11-6-7-13(15)12(14)8-11/h2-8,16H,15H2,1H3. The van der Waals surface area contributed by atoms with Crippen molar-refractivity contribution in [2.75, 3.05) is 10.5 Å². The van der Waals surface area contributed by atoms with Gasteiger partial charge in [-0.25, -0.2) is 8.42 Å². The Morgan fingerprint density at radius 3 is 2.32 bits per heavy atom. The number of nitrogens with one attached hydrogen (secondary N) is 1. The summed E-state index contributed by atoms with van der Waals surface area (Å²) in [7, 11) is -3.66. The number of nitrogens with two attached hydrogens (primary N) is 1. The van der Waals surface area contributed by atoms with Crippen LogP contribution in [0.3, 0.4) is 0 Å². The van der Waals surface area contributed by atoms with Crippen LogP contribution < -0.4 is 10.5 Å². The molecule has 0 spiro atoms. The number of aryl methyl sites for hydroxylation is 1. The van der Waals surface area contributed by atoms with Crippen molar-refractivity contribution in [1.82, 2.24) is 0 Å². The molecule has 2 aromatic rings. The van der Waals surface area contributed by atoms with Gasteiger partial charge in [0.05, 0.1) is 15.6 Å². The van der Waals surface area contributed by atoms with Crippen molar-refractivity contribution in [3.63, 3.8) is 0 Å². The van der Waals surface area contributed by atoms with Crippen LogP contribution in [0.25, 0.3) is 0 Å². The van der Waals surface area contributed by atoms with Crippen molar-refractivity contribution < 1.29 is 8.42 Å². The monoisotopic (exact) mass is 296 g/mol. The van der Waals surface area contributed by atoms with E-state index in [2.05, 4.69) is 4.72 Å². The van der Waals surface area contributed by atoms with Crippen molar-refractivity contribution in [1.29, 1.82) is 0 Å². The van der Waals surface area contributed by atoms with E-state index in [4.69, 9.17) is 17.3 Å². The van der Waals surface area contributed by atoms with Crippen molar-refractivity contribution in [3.05, 3.63) is 53.1 Å². The van der Waals surface area contributed by atoms with E-state index < -0.39 is 10.0 Å². The van der Waals surface area contributed by atoms with Crippen molar-refractivity contribution >= 4 is 33.0 Å². The van der Waals surface area contributed by atoms with Crippen LogP contribution in [0.2, 0.25) is 5.02 Å². The third-order valence-electron chi connectivity index (χ3n) is 2.59. The van der Waals surface area contributed by atoms with Gasteiger partial charge in [0, 0.05) is 5.69 Å². The quantitative estimate of drug-likeness (QED) is 0.855. The number of hydrogen-bond acceptors (Lipinski definition) is 3. The van der Waals surface area contributed by atoms with Crippen LogP contribution in [-0.2, 0) is 10.0 Å². The van der Waals surface area contributed by atoms with Crippen molar-refractivity contribution in [2.24, 2.45) is 0 Å². The summed E-state index contributed by atoms with van der Waals surface area (Å²) in [4.78, 5) is 0.0762. The number of halogens is 1. The van der Waals surface area contributed by atoms with Gasteiger partial charge in [-0.15, -0.1) is 0 Å². The van der Waals surface area contributed by atoms with Gasteiger partial charge in [-0.1, -0.05) is 29.3 Å². The first-order chi connectivity index (χ1) is 8.88. The fourth-order valence-electron chi connectivity index (χ4n) is 1.51. The second kappa shape index (κ2) is 5.11. The molecule has 6 heteroatoms. The van der Waals surface area contributed by atoms with Crippen molar-refractivity contribution in [2.45, 2.75) is 11.8 Å². The topological polar surface area (TPSA) is 72.2 Å². The van der Waals surface area contributed by atoms with Gasteiger partial charge in [-0.05, 0) is 37.3 Å². The largest absolute Gasteiger partial charge is 0.398 e. The molecule has 0 aliphatic rings. The zero-order valence-corrected chi connectivity index (χ0v) is 11.8. The molecule has 0 amide bonds. The molecule has 0 aromatic heterocycles. The first-order valence-electron chi connectivity index (χ1n) is 5.53. The Bertz CT molecular complexity index is 697. The second-order valence-electron chi connectivity index (χ2n) is 4.15. The summed E-state index contributed by atoms with van der Waals surface area (Å²) < 4.78 is 26.8. The minimum Gasteiger partial charge on any atom is -0.398 e. The third-order valence-corrected chi connectivity index (χ3v) is 4.29. The van der Waals surface area contributed by atoms with Crippen LogP contribution in [0.4, 0.5) is 11.4 Å². The summed E-state index contributed by atoms with van der Waals surface area (Å²) in [5, 5.41) is 0.215. The maximum Gasteiger partial charge on any atom is 0.261 e. The maximum atomic E-state index is 12.1. The van der Waals surface area contributed by atoms with Gasteiger partial charge in [-0.3, -0.25) is 4.72 Å². The van der Waals surface area contributed by atoms with E-state index in [9.17, 15) is 8.42 Å². The van der Waals surface area contributed by atoms with Crippen LogP contribution in [0.15, 0.2) is 47.4 Å². The molecule has 0 heterocycles. The molecule has 0 aliphatic heterocycles. The summed E-state index contributed by atoms with van der Waals surface area (Å²) >= 11 is 5.83. The number of nitrogen functional groups attached to an aromatic ring is 1. The number of benzene rings is 2. The molecule has 0 atom stereocenters. The van der Waals surface area contributed by atoms with E-state index in [-0.39, 0.29) is 9.92 Å². The van der Waals surface area contributed by atoms with E-state index in [1.165, 1.54) is 18.2 Å². The van der Waals surface area contributed by atoms with E-state index in [1.54, 1.807) is 12.1 Å². The molecule has 3 N–H and O–H groups in total. The molecule has 4 nitrogen and oxygen atoms in total. The zero-order chi connectivity index (χ0) is 14.0. The average Bonchev–Trinajstić information content (AvgIpc) is 2.35. The fourth-order valence-corrected chi connectivity index (χ4v) is 2.84. The molecule has 2 aromatic carbocycles. The van der Waals surface area contributed by atoms with Crippen molar-refractivity contribution in [3.8, 4) is 0 Å². The predicted molar refractivity (Wildman–Crippen MR) is 77.9 cm³/mol.